The molecule has 4 rings (SSSR count). The number of rotatable bonds is 7. The van der Waals surface area contributed by atoms with Crippen molar-refractivity contribution in [3.05, 3.63) is 88.5 Å². The molecular weight excluding hydrogens is 458 g/mol. The van der Waals surface area contributed by atoms with Gasteiger partial charge in [0.1, 0.15) is 23.0 Å². The summed E-state index contributed by atoms with van der Waals surface area (Å²) in [5.41, 5.74) is 3.19. The zero-order valence-electron chi connectivity index (χ0n) is 20.7. The largest absolute Gasteiger partial charge is 0.508 e. The number of carbonyl (C=O) groups excluding carboxylic acids is 2. The number of aliphatic hydroxyl groups excluding tert-OH is 1. The number of benzene rings is 3. The van der Waals surface area contributed by atoms with Gasteiger partial charge in [0.05, 0.1) is 30.4 Å². The van der Waals surface area contributed by atoms with E-state index >= 15 is 0 Å². The lowest BCUT2D eigenvalue weighted by Gasteiger charge is -2.26. The number of anilines is 1. The van der Waals surface area contributed by atoms with Crippen LogP contribution in [0.1, 0.15) is 42.1 Å². The number of amides is 1. The Balaban J connectivity index is 1.96. The number of phenols is 1. The van der Waals surface area contributed by atoms with Crippen LogP contribution >= 0.6 is 0 Å². The predicted molar refractivity (Wildman–Crippen MR) is 138 cm³/mol. The average molecular weight is 488 g/mol. The molecular formula is C29H29NO6. The molecule has 0 spiro atoms. The van der Waals surface area contributed by atoms with Gasteiger partial charge in [-0.15, -0.1) is 0 Å². The number of aliphatic hydroxyl groups is 1. The van der Waals surface area contributed by atoms with Gasteiger partial charge in [0.2, 0.25) is 0 Å². The second kappa shape index (κ2) is 10.2. The first-order valence-electron chi connectivity index (χ1n) is 11.8. The SMILES string of the molecule is CCOc1ccc(/C(O)=C2/C(=O)C(=O)N(c3cc(C)cc(C)c3)C2c2ccc(O)cc2)c(OCC)c1. The smallest absolute Gasteiger partial charge is 0.300 e. The number of aromatic hydroxyl groups is 1. The molecule has 0 radical (unpaired) electrons. The van der Waals surface area contributed by atoms with Crippen LogP contribution in [0.3, 0.4) is 0 Å². The number of Topliss-reactive ketones (excluding diaryl/α,β-unsaturated/α-hetero) is 1. The normalized spacial score (nSPS) is 16.9. The van der Waals surface area contributed by atoms with E-state index in [2.05, 4.69) is 0 Å². The standard InChI is InChI=1S/C29H29NO6/c1-5-35-22-11-12-23(24(16-22)36-6-2)27(32)25-26(19-7-9-21(31)10-8-19)30(29(34)28(25)33)20-14-17(3)13-18(4)15-20/h7-16,26,31-32H,5-6H2,1-4H3/b27-25-. The number of ketones is 1. The van der Waals surface area contributed by atoms with Gasteiger partial charge < -0.3 is 19.7 Å². The van der Waals surface area contributed by atoms with E-state index in [0.29, 0.717) is 36.0 Å². The van der Waals surface area contributed by atoms with Crippen molar-refractivity contribution in [1.82, 2.24) is 0 Å². The molecule has 1 fully saturated rings. The third-order valence-corrected chi connectivity index (χ3v) is 5.96. The molecule has 2 N–H and O–H groups in total. The average Bonchev–Trinajstić information content (AvgIpc) is 3.09. The highest BCUT2D eigenvalue weighted by Gasteiger charge is 2.47. The summed E-state index contributed by atoms with van der Waals surface area (Å²) in [4.78, 5) is 28.2. The molecule has 1 amide bonds. The Kier molecular flexibility index (Phi) is 7.01. The molecule has 1 saturated heterocycles. The molecule has 0 saturated carbocycles. The molecule has 7 heteroatoms. The maximum absolute atomic E-state index is 13.4. The number of hydrogen-bond donors (Lipinski definition) is 2. The Morgan fingerprint density at radius 1 is 0.889 bits per heavy atom. The van der Waals surface area contributed by atoms with Gasteiger partial charge in [-0.05, 0) is 80.8 Å². The van der Waals surface area contributed by atoms with E-state index in [4.69, 9.17) is 9.47 Å². The van der Waals surface area contributed by atoms with Crippen LogP contribution in [0.5, 0.6) is 17.2 Å². The van der Waals surface area contributed by atoms with Crippen molar-refractivity contribution in [3.63, 3.8) is 0 Å². The Morgan fingerprint density at radius 2 is 1.53 bits per heavy atom. The van der Waals surface area contributed by atoms with E-state index in [9.17, 15) is 19.8 Å². The van der Waals surface area contributed by atoms with Gasteiger partial charge in [-0.2, -0.15) is 0 Å². The quantitative estimate of drug-likeness (QED) is 0.262. The van der Waals surface area contributed by atoms with E-state index in [0.717, 1.165) is 11.1 Å². The zero-order valence-corrected chi connectivity index (χ0v) is 20.7. The van der Waals surface area contributed by atoms with Gasteiger partial charge in [0.25, 0.3) is 11.7 Å². The van der Waals surface area contributed by atoms with Crippen molar-refractivity contribution >= 4 is 23.1 Å². The number of hydrogen-bond acceptors (Lipinski definition) is 6. The third-order valence-electron chi connectivity index (χ3n) is 5.96. The number of phenolic OH excluding ortho intramolecular Hbond substituents is 1. The van der Waals surface area contributed by atoms with Crippen molar-refractivity contribution in [2.24, 2.45) is 0 Å². The van der Waals surface area contributed by atoms with Crippen LogP contribution in [-0.2, 0) is 9.59 Å². The highest BCUT2D eigenvalue weighted by molar-refractivity contribution is 6.51. The van der Waals surface area contributed by atoms with Crippen LogP contribution in [0.25, 0.3) is 5.76 Å². The lowest BCUT2D eigenvalue weighted by Crippen LogP contribution is -2.29. The molecule has 1 heterocycles. The molecule has 1 aliphatic heterocycles. The summed E-state index contributed by atoms with van der Waals surface area (Å²) in [6, 6.07) is 15.9. The van der Waals surface area contributed by atoms with Crippen LogP contribution < -0.4 is 14.4 Å². The van der Waals surface area contributed by atoms with Gasteiger partial charge in [0.15, 0.2) is 0 Å². The lowest BCUT2D eigenvalue weighted by molar-refractivity contribution is -0.132. The van der Waals surface area contributed by atoms with Gasteiger partial charge in [-0.1, -0.05) is 18.2 Å². The predicted octanol–water partition coefficient (Wildman–Crippen LogP) is 5.43. The van der Waals surface area contributed by atoms with Crippen LogP contribution in [-0.4, -0.2) is 35.1 Å². The first-order chi connectivity index (χ1) is 17.2. The Morgan fingerprint density at radius 3 is 2.14 bits per heavy atom. The topological polar surface area (TPSA) is 96.3 Å². The van der Waals surface area contributed by atoms with E-state index in [1.807, 2.05) is 45.9 Å². The van der Waals surface area contributed by atoms with Crippen LogP contribution in [0.4, 0.5) is 5.69 Å². The molecule has 7 nitrogen and oxygen atoms in total. The van der Waals surface area contributed by atoms with Crippen LogP contribution in [0.2, 0.25) is 0 Å². The minimum absolute atomic E-state index is 0.0484. The molecule has 3 aromatic carbocycles. The maximum Gasteiger partial charge on any atom is 0.300 e. The Hall–Kier alpha value is -4.26. The highest BCUT2D eigenvalue weighted by atomic mass is 16.5. The van der Waals surface area contributed by atoms with E-state index < -0.39 is 17.7 Å². The first kappa shape index (κ1) is 24.9. The number of carbonyl (C=O) groups is 2. The number of nitrogens with zero attached hydrogens (tertiary/aromatic N) is 1. The van der Waals surface area contributed by atoms with Gasteiger partial charge in [-0.3, -0.25) is 14.5 Å². The molecule has 1 atom stereocenters. The summed E-state index contributed by atoms with van der Waals surface area (Å²) in [6.45, 7) is 8.29. The molecule has 1 aliphatic rings. The summed E-state index contributed by atoms with van der Waals surface area (Å²) >= 11 is 0. The molecule has 0 bridgehead atoms. The minimum atomic E-state index is -0.909. The molecule has 1 unspecified atom stereocenters. The van der Waals surface area contributed by atoms with Crippen molar-refractivity contribution in [3.8, 4) is 17.2 Å². The van der Waals surface area contributed by atoms with Crippen LogP contribution in [0, 0.1) is 13.8 Å². The summed E-state index contributed by atoms with van der Waals surface area (Å²) in [7, 11) is 0. The van der Waals surface area contributed by atoms with Crippen LogP contribution in [0.15, 0.2) is 66.2 Å². The Bertz CT molecular complexity index is 1320. The summed E-state index contributed by atoms with van der Waals surface area (Å²) < 4.78 is 11.3. The molecule has 186 valence electrons. The van der Waals surface area contributed by atoms with E-state index in [1.165, 1.54) is 17.0 Å². The van der Waals surface area contributed by atoms with Crippen molar-refractivity contribution < 1.29 is 29.3 Å². The summed E-state index contributed by atoms with van der Waals surface area (Å²) in [5, 5.41) is 21.3. The van der Waals surface area contributed by atoms with Gasteiger partial charge in [0, 0.05) is 11.8 Å². The number of aryl methyl sites for hydroxylation is 2. The summed E-state index contributed by atoms with van der Waals surface area (Å²) in [6.07, 6.45) is 0. The Labute approximate surface area is 210 Å². The molecule has 0 aliphatic carbocycles. The van der Waals surface area contributed by atoms with Crippen molar-refractivity contribution in [2.75, 3.05) is 18.1 Å². The van der Waals surface area contributed by atoms with Gasteiger partial charge >= 0.3 is 0 Å². The third kappa shape index (κ3) is 4.64. The van der Waals surface area contributed by atoms with Gasteiger partial charge in [-0.25, -0.2) is 0 Å². The fraction of sp³-hybridized carbons (Fsp3) is 0.241. The monoisotopic (exact) mass is 487 g/mol. The molecule has 36 heavy (non-hydrogen) atoms. The summed E-state index contributed by atoms with van der Waals surface area (Å²) in [5.74, 6) is -0.951. The van der Waals surface area contributed by atoms with Crippen molar-refractivity contribution in [1.29, 1.82) is 0 Å². The maximum atomic E-state index is 13.4. The fourth-order valence-electron chi connectivity index (χ4n) is 4.54. The van der Waals surface area contributed by atoms with E-state index in [-0.39, 0.29) is 22.6 Å². The lowest BCUT2D eigenvalue weighted by atomic mass is 9.94. The first-order valence-corrected chi connectivity index (χ1v) is 11.8. The van der Waals surface area contributed by atoms with Crippen molar-refractivity contribution in [2.45, 2.75) is 33.7 Å². The zero-order chi connectivity index (χ0) is 26.0. The molecule has 0 aromatic heterocycles. The number of ether oxygens (including phenoxy) is 2. The van der Waals surface area contributed by atoms with E-state index in [1.54, 1.807) is 30.3 Å². The second-order valence-electron chi connectivity index (χ2n) is 8.63. The second-order valence-corrected chi connectivity index (χ2v) is 8.63. The minimum Gasteiger partial charge on any atom is -0.508 e. The molecule has 3 aromatic rings. The highest BCUT2D eigenvalue weighted by Crippen LogP contribution is 2.44. The fourth-order valence-corrected chi connectivity index (χ4v) is 4.54.